The van der Waals surface area contributed by atoms with Crippen LogP contribution in [0.15, 0.2) is 18.2 Å². The number of rotatable bonds is 3. The third-order valence-electron chi connectivity index (χ3n) is 5.52. The van der Waals surface area contributed by atoms with Gasteiger partial charge in [-0.3, -0.25) is 19.3 Å². The fourth-order valence-electron chi connectivity index (χ4n) is 4.12. The Balaban J connectivity index is 0.00000196. The first-order valence-corrected chi connectivity index (χ1v) is 9.18. The van der Waals surface area contributed by atoms with Crippen molar-refractivity contribution in [1.82, 2.24) is 15.5 Å². The summed E-state index contributed by atoms with van der Waals surface area (Å²) in [6, 6.07) is 4.97. The van der Waals surface area contributed by atoms with Gasteiger partial charge in [-0.15, -0.1) is 12.4 Å². The molecular weight excluding hydrogens is 354 g/mol. The van der Waals surface area contributed by atoms with E-state index in [-0.39, 0.29) is 42.2 Å². The van der Waals surface area contributed by atoms with E-state index in [1.807, 2.05) is 0 Å². The van der Waals surface area contributed by atoms with Gasteiger partial charge in [-0.05, 0) is 44.0 Å². The van der Waals surface area contributed by atoms with Gasteiger partial charge >= 0.3 is 0 Å². The van der Waals surface area contributed by atoms with Crippen LogP contribution < -0.4 is 10.6 Å². The van der Waals surface area contributed by atoms with Gasteiger partial charge < -0.3 is 10.6 Å². The minimum absolute atomic E-state index is 0. The number of benzene rings is 1. The van der Waals surface area contributed by atoms with Gasteiger partial charge in [0.05, 0.1) is 11.1 Å². The van der Waals surface area contributed by atoms with E-state index in [1.54, 1.807) is 18.2 Å². The number of nitrogens with zero attached hydrogens (tertiary/aromatic N) is 1. The molecule has 140 valence electrons. The van der Waals surface area contributed by atoms with Crippen molar-refractivity contribution in [2.75, 3.05) is 13.1 Å². The number of halogens is 1. The summed E-state index contributed by atoms with van der Waals surface area (Å²) in [5, 5.41) is 6.18. The minimum Gasteiger partial charge on any atom is -0.348 e. The largest absolute Gasteiger partial charge is 0.348 e. The Morgan fingerprint density at radius 3 is 2.46 bits per heavy atom. The number of carbonyl (C=O) groups is 3. The lowest BCUT2D eigenvalue weighted by Crippen LogP contribution is -2.40. The molecule has 1 aromatic rings. The maximum absolute atomic E-state index is 12.8. The second-order valence-corrected chi connectivity index (χ2v) is 7.20. The normalized spacial score (nSPS) is 22.9. The summed E-state index contributed by atoms with van der Waals surface area (Å²) in [5.41, 5.74) is 1.24. The highest BCUT2D eigenvalue weighted by Crippen LogP contribution is 2.31. The lowest BCUT2D eigenvalue weighted by Gasteiger charge is -2.29. The van der Waals surface area contributed by atoms with E-state index in [0.717, 1.165) is 45.2 Å². The molecule has 0 spiro atoms. The third-order valence-corrected chi connectivity index (χ3v) is 5.52. The van der Waals surface area contributed by atoms with Gasteiger partial charge in [0.25, 0.3) is 17.7 Å². The van der Waals surface area contributed by atoms with Crippen LogP contribution in [0.4, 0.5) is 0 Å². The molecule has 1 saturated heterocycles. The van der Waals surface area contributed by atoms with Gasteiger partial charge in [0, 0.05) is 24.2 Å². The summed E-state index contributed by atoms with van der Waals surface area (Å²) in [4.78, 5) is 39.3. The molecule has 1 unspecified atom stereocenters. The molecular formula is C19H24ClN3O3. The zero-order chi connectivity index (χ0) is 17.4. The van der Waals surface area contributed by atoms with Crippen molar-refractivity contribution in [3.8, 4) is 0 Å². The second kappa shape index (κ2) is 7.76. The maximum Gasteiger partial charge on any atom is 0.261 e. The SMILES string of the molecule is Cl.O=C(NC1CCNC1)c1ccc2c(c1)C(=O)N(C1CCCCC1)C2=O. The minimum atomic E-state index is -0.246. The standard InChI is InChI=1S/C19H23N3O3.ClH/c23-17(21-13-8-9-20-11-13)12-6-7-15-16(10-12)19(25)22(18(15)24)14-4-2-1-3-5-14;/h6-7,10,13-14,20H,1-5,8-9,11H2,(H,21,23);1H. The van der Waals surface area contributed by atoms with Crippen LogP contribution in [-0.2, 0) is 0 Å². The van der Waals surface area contributed by atoms with E-state index in [0.29, 0.717) is 16.7 Å². The monoisotopic (exact) mass is 377 g/mol. The topological polar surface area (TPSA) is 78.5 Å². The average Bonchev–Trinajstić information content (AvgIpc) is 3.23. The number of amides is 3. The summed E-state index contributed by atoms with van der Waals surface area (Å²) in [7, 11) is 0. The van der Waals surface area contributed by atoms with Crippen LogP contribution in [0, 0.1) is 0 Å². The van der Waals surface area contributed by atoms with Gasteiger partial charge in [0.1, 0.15) is 0 Å². The first-order chi connectivity index (χ1) is 12.1. The van der Waals surface area contributed by atoms with Crippen LogP contribution in [0.25, 0.3) is 0 Å². The Morgan fingerprint density at radius 1 is 1.04 bits per heavy atom. The molecule has 26 heavy (non-hydrogen) atoms. The smallest absolute Gasteiger partial charge is 0.261 e. The molecule has 3 aliphatic rings. The quantitative estimate of drug-likeness (QED) is 0.791. The Morgan fingerprint density at radius 2 is 1.77 bits per heavy atom. The molecule has 6 nitrogen and oxygen atoms in total. The number of hydrogen-bond donors (Lipinski definition) is 2. The third kappa shape index (κ3) is 3.35. The molecule has 1 saturated carbocycles. The fraction of sp³-hybridized carbons (Fsp3) is 0.526. The van der Waals surface area contributed by atoms with E-state index >= 15 is 0 Å². The number of carbonyl (C=O) groups excluding carboxylic acids is 3. The Hall–Kier alpha value is -1.92. The van der Waals surface area contributed by atoms with Gasteiger partial charge in [-0.25, -0.2) is 0 Å². The predicted molar refractivity (Wildman–Crippen MR) is 99.8 cm³/mol. The maximum atomic E-state index is 12.8. The van der Waals surface area contributed by atoms with E-state index in [4.69, 9.17) is 0 Å². The van der Waals surface area contributed by atoms with Crippen molar-refractivity contribution >= 4 is 30.1 Å². The molecule has 0 bridgehead atoms. The molecule has 0 radical (unpaired) electrons. The molecule has 2 aliphatic heterocycles. The lowest BCUT2D eigenvalue weighted by molar-refractivity contribution is 0.0549. The molecule has 2 fully saturated rings. The van der Waals surface area contributed by atoms with Gasteiger partial charge in [0.2, 0.25) is 0 Å². The molecule has 4 rings (SSSR count). The summed E-state index contributed by atoms with van der Waals surface area (Å²) in [6.07, 6.45) is 5.95. The highest BCUT2D eigenvalue weighted by Gasteiger charge is 2.40. The fourth-order valence-corrected chi connectivity index (χ4v) is 4.12. The second-order valence-electron chi connectivity index (χ2n) is 7.20. The van der Waals surface area contributed by atoms with Gasteiger partial charge in [0.15, 0.2) is 0 Å². The number of fused-ring (bicyclic) bond motifs is 1. The number of hydrogen-bond acceptors (Lipinski definition) is 4. The molecule has 2 heterocycles. The Kier molecular flexibility index (Phi) is 5.63. The predicted octanol–water partition coefficient (Wildman–Crippen LogP) is 2.13. The van der Waals surface area contributed by atoms with Gasteiger partial charge in [-0.2, -0.15) is 0 Å². The number of nitrogens with one attached hydrogen (secondary N) is 2. The lowest BCUT2D eigenvalue weighted by atomic mass is 9.94. The van der Waals surface area contributed by atoms with Gasteiger partial charge in [-0.1, -0.05) is 19.3 Å². The van der Waals surface area contributed by atoms with E-state index in [1.165, 1.54) is 11.3 Å². The Labute approximate surface area is 159 Å². The Bertz CT molecular complexity index is 725. The highest BCUT2D eigenvalue weighted by atomic mass is 35.5. The van der Waals surface area contributed by atoms with Crippen LogP contribution in [0.3, 0.4) is 0 Å². The zero-order valence-electron chi connectivity index (χ0n) is 14.6. The van der Waals surface area contributed by atoms with E-state index in [9.17, 15) is 14.4 Å². The van der Waals surface area contributed by atoms with Crippen LogP contribution in [0.2, 0.25) is 0 Å². The van der Waals surface area contributed by atoms with E-state index in [2.05, 4.69) is 10.6 Å². The van der Waals surface area contributed by atoms with Crippen molar-refractivity contribution in [2.24, 2.45) is 0 Å². The van der Waals surface area contributed by atoms with Crippen molar-refractivity contribution in [2.45, 2.75) is 50.6 Å². The van der Waals surface area contributed by atoms with Crippen LogP contribution in [-0.4, -0.2) is 47.8 Å². The molecule has 1 aromatic carbocycles. The van der Waals surface area contributed by atoms with Crippen molar-refractivity contribution < 1.29 is 14.4 Å². The molecule has 2 N–H and O–H groups in total. The summed E-state index contributed by atoms with van der Waals surface area (Å²) < 4.78 is 0. The van der Waals surface area contributed by atoms with Crippen molar-refractivity contribution in [3.05, 3.63) is 34.9 Å². The highest BCUT2D eigenvalue weighted by molar-refractivity contribution is 6.22. The zero-order valence-corrected chi connectivity index (χ0v) is 15.4. The first kappa shape index (κ1) is 18.9. The first-order valence-electron chi connectivity index (χ1n) is 9.18. The summed E-state index contributed by atoms with van der Waals surface area (Å²) >= 11 is 0. The summed E-state index contributed by atoms with van der Waals surface area (Å²) in [6.45, 7) is 1.67. The van der Waals surface area contributed by atoms with Crippen LogP contribution in [0.1, 0.15) is 69.6 Å². The van der Waals surface area contributed by atoms with Crippen LogP contribution in [0.5, 0.6) is 0 Å². The molecule has 1 atom stereocenters. The molecule has 0 aromatic heterocycles. The van der Waals surface area contributed by atoms with Crippen LogP contribution >= 0.6 is 12.4 Å². The number of imide groups is 1. The average molecular weight is 378 g/mol. The van der Waals surface area contributed by atoms with Crippen molar-refractivity contribution in [1.29, 1.82) is 0 Å². The molecule has 3 amide bonds. The van der Waals surface area contributed by atoms with Crippen molar-refractivity contribution in [3.63, 3.8) is 0 Å². The van der Waals surface area contributed by atoms with E-state index < -0.39 is 0 Å². The molecule has 1 aliphatic carbocycles. The summed E-state index contributed by atoms with van der Waals surface area (Å²) in [5.74, 6) is -0.643. The molecule has 7 heteroatoms.